The number of likely N-dealkylation sites (tertiary alicyclic amines) is 1. The van der Waals surface area contributed by atoms with Crippen molar-refractivity contribution in [2.75, 3.05) is 25.0 Å². The molecule has 8 heteroatoms. The Bertz CT molecular complexity index is 959. The predicted octanol–water partition coefficient (Wildman–Crippen LogP) is 3.70. The van der Waals surface area contributed by atoms with Gasteiger partial charge in [0.15, 0.2) is 5.13 Å². The van der Waals surface area contributed by atoms with Gasteiger partial charge < -0.3 is 5.32 Å². The fourth-order valence-corrected chi connectivity index (χ4v) is 5.09. The smallest absolute Gasteiger partial charge is 0.261 e. The Morgan fingerprint density at radius 2 is 1.81 bits per heavy atom. The number of nitrogens with one attached hydrogen (secondary N) is 1. The van der Waals surface area contributed by atoms with Crippen LogP contribution < -0.4 is 5.32 Å². The Balaban J connectivity index is 1.25. The van der Waals surface area contributed by atoms with E-state index in [9.17, 15) is 14.4 Å². The van der Waals surface area contributed by atoms with Crippen LogP contribution in [0.25, 0.3) is 0 Å². The Kier molecular flexibility index (Phi) is 6.48. The molecule has 0 spiro atoms. The van der Waals surface area contributed by atoms with E-state index in [1.165, 1.54) is 34.0 Å². The van der Waals surface area contributed by atoms with Crippen LogP contribution >= 0.6 is 11.3 Å². The molecule has 2 aromatic rings. The lowest BCUT2D eigenvalue weighted by Crippen LogP contribution is -2.32. The first-order valence-corrected chi connectivity index (χ1v) is 11.7. The first kappa shape index (κ1) is 21.6. The fraction of sp³-hybridized carbons (Fsp3) is 0.478. The first-order chi connectivity index (χ1) is 14.9. The topological polar surface area (TPSA) is 82.6 Å². The molecule has 1 N–H and O–H groups in total. The Hall–Kier alpha value is -2.58. The molecular weight excluding hydrogens is 412 g/mol. The van der Waals surface area contributed by atoms with Crippen LogP contribution in [0.4, 0.5) is 5.13 Å². The van der Waals surface area contributed by atoms with Crippen molar-refractivity contribution in [2.45, 2.75) is 46.1 Å². The van der Waals surface area contributed by atoms with Crippen molar-refractivity contribution in [3.8, 4) is 0 Å². The minimum atomic E-state index is -0.284. The number of carbonyl (C=O) groups is 3. The van der Waals surface area contributed by atoms with Gasteiger partial charge in [0, 0.05) is 24.4 Å². The van der Waals surface area contributed by atoms with E-state index in [1.54, 1.807) is 24.3 Å². The maximum Gasteiger partial charge on any atom is 0.261 e. The number of aromatic nitrogens is 1. The predicted molar refractivity (Wildman–Crippen MR) is 120 cm³/mol. The number of amides is 3. The SMILES string of the molecule is Cc1nc(NC(=O)CCCN2C(=O)c3ccccc3C2=O)sc1CN1CCC(C)CC1. The Labute approximate surface area is 186 Å². The van der Waals surface area contributed by atoms with Crippen molar-refractivity contribution in [1.82, 2.24) is 14.8 Å². The van der Waals surface area contributed by atoms with Gasteiger partial charge in [-0.1, -0.05) is 19.1 Å². The van der Waals surface area contributed by atoms with Crippen molar-refractivity contribution in [3.05, 3.63) is 46.0 Å². The van der Waals surface area contributed by atoms with E-state index >= 15 is 0 Å². The number of benzene rings is 1. The number of nitrogens with zero attached hydrogens (tertiary/aromatic N) is 3. The van der Waals surface area contributed by atoms with Gasteiger partial charge in [0.05, 0.1) is 16.8 Å². The quantitative estimate of drug-likeness (QED) is 0.664. The van der Waals surface area contributed by atoms with E-state index in [2.05, 4.69) is 22.1 Å². The second-order valence-corrected chi connectivity index (χ2v) is 9.53. The van der Waals surface area contributed by atoms with Crippen LogP contribution in [0.3, 0.4) is 0 Å². The number of anilines is 1. The number of rotatable bonds is 7. The molecule has 31 heavy (non-hydrogen) atoms. The molecule has 0 unspecified atom stereocenters. The second-order valence-electron chi connectivity index (χ2n) is 8.45. The number of hydrogen-bond donors (Lipinski definition) is 1. The van der Waals surface area contributed by atoms with Crippen molar-refractivity contribution in [3.63, 3.8) is 0 Å². The molecule has 1 saturated heterocycles. The van der Waals surface area contributed by atoms with E-state index in [4.69, 9.17) is 0 Å². The van der Waals surface area contributed by atoms with Gasteiger partial charge in [-0.05, 0) is 57.3 Å². The molecule has 0 bridgehead atoms. The number of piperidine rings is 1. The molecule has 1 fully saturated rings. The lowest BCUT2D eigenvalue weighted by molar-refractivity contribution is -0.116. The Morgan fingerprint density at radius 1 is 1.16 bits per heavy atom. The highest BCUT2D eigenvalue weighted by molar-refractivity contribution is 7.15. The molecule has 2 aliphatic heterocycles. The molecule has 3 heterocycles. The molecule has 1 aromatic carbocycles. The molecule has 4 rings (SSSR count). The lowest BCUT2D eigenvalue weighted by atomic mass is 9.99. The van der Waals surface area contributed by atoms with E-state index in [0.717, 1.165) is 31.2 Å². The Morgan fingerprint density at radius 3 is 2.45 bits per heavy atom. The van der Waals surface area contributed by atoms with Crippen LogP contribution in [-0.4, -0.2) is 52.1 Å². The normalized spacial score (nSPS) is 17.3. The zero-order valence-electron chi connectivity index (χ0n) is 18.0. The summed E-state index contributed by atoms with van der Waals surface area (Å²) in [5.41, 5.74) is 1.83. The molecule has 1 aromatic heterocycles. The summed E-state index contributed by atoms with van der Waals surface area (Å²) in [5, 5.41) is 3.49. The molecule has 2 aliphatic rings. The molecule has 164 valence electrons. The van der Waals surface area contributed by atoms with Crippen LogP contribution in [0.15, 0.2) is 24.3 Å². The van der Waals surface area contributed by atoms with E-state index in [1.807, 2.05) is 6.92 Å². The number of fused-ring (bicyclic) bond motifs is 1. The summed E-state index contributed by atoms with van der Waals surface area (Å²) in [7, 11) is 0. The first-order valence-electron chi connectivity index (χ1n) is 10.9. The maximum atomic E-state index is 12.4. The van der Waals surface area contributed by atoms with Crippen LogP contribution in [0.5, 0.6) is 0 Å². The van der Waals surface area contributed by atoms with Crippen LogP contribution in [0, 0.1) is 12.8 Å². The van der Waals surface area contributed by atoms with Crippen molar-refractivity contribution < 1.29 is 14.4 Å². The summed E-state index contributed by atoms with van der Waals surface area (Å²) in [6.07, 6.45) is 3.11. The van der Waals surface area contributed by atoms with E-state index in [-0.39, 0.29) is 30.7 Å². The number of hydrogen-bond acceptors (Lipinski definition) is 6. The monoisotopic (exact) mass is 440 g/mol. The fourth-order valence-electron chi connectivity index (χ4n) is 4.07. The molecule has 3 amide bonds. The summed E-state index contributed by atoms with van der Waals surface area (Å²) in [6.45, 7) is 7.62. The van der Waals surface area contributed by atoms with Crippen molar-refractivity contribution in [1.29, 1.82) is 0 Å². The third-order valence-electron chi connectivity index (χ3n) is 6.05. The summed E-state index contributed by atoms with van der Waals surface area (Å²) in [5.74, 6) is 0.0827. The van der Waals surface area contributed by atoms with Gasteiger partial charge in [-0.25, -0.2) is 4.98 Å². The number of imide groups is 1. The van der Waals surface area contributed by atoms with Gasteiger partial charge in [0.2, 0.25) is 5.91 Å². The third kappa shape index (κ3) is 4.85. The highest BCUT2D eigenvalue weighted by atomic mass is 32.1. The number of carbonyl (C=O) groups excluding carboxylic acids is 3. The molecule has 0 aliphatic carbocycles. The molecule has 7 nitrogen and oxygen atoms in total. The maximum absolute atomic E-state index is 12.4. The van der Waals surface area contributed by atoms with Crippen LogP contribution in [0.2, 0.25) is 0 Å². The summed E-state index contributed by atoms with van der Waals surface area (Å²) >= 11 is 1.53. The van der Waals surface area contributed by atoms with E-state index < -0.39 is 0 Å². The van der Waals surface area contributed by atoms with Gasteiger partial charge in [0.25, 0.3) is 11.8 Å². The molecular formula is C23H28N4O3S. The zero-order valence-corrected chi connectivity index (χ0v) is 18.8. The lowest BCUT2D eigenvalue weighted by Gasteiger charge is -2.29. The minimum absolute atomic E-state index is 0.149. The molecule has 0 saturated carbocycles. The number of aryl methyl sites for hydroxylation is 1. The average Bonchev–Trinajstić information content (AvgIpc) is 3.21. The summed E-state index contributed by atoms with van der Waals surface area (Å²) in [6, 6.07) is 6.82. The number of thiazole rings is 1. The van der Waals surface area contributed by atoms with Gasteiger partial charge in [-0.15, -0.1) is 11.3 Å². The van der Waals surface area contributed by atoms with Gasteiger partial charge in [0.1, 0.15) is 0 Å². The van der Waals surface area contributed by atoms with Gasteiger partial charge in [-0.3, -0.25) is 24.2 Å². The van der Waals surface area contributed by atoms with E-state index in [0.29, 0.717) is 22.7 Å². The molecule has 0 radical (unpaired) electrons. The highest BCUT2D eigenvalue weighted by Crippen LogP contribution is 2.27. The highest BCUT2D eigenvalue weighted by Gasteiger charge is 2.34. The summed E-state index contributed by atoms with van der Waals surface area (Å²) < 4.78 is 0. The van der Waals surface area contributed by atoms with Gasteiger partial charge in [-0.2, -0.15) is 0 Å². The third-order valence-corrected chi connectivity index (χ3v) is 7.10. The van der Waals surface area contributed by atoms with Gasteiger partial charge >= 0.3 is 0 Å². The second kappa shape index (κ2) is 9.28. The minimum Gasteiger partial charge on any atom is -0.302 e. The average molecular weight is 441 g/mol. The van der Waals surface area contributed by atoms with Crippen LogP contribution in [-0.2, 0) is 11.3 Å². The molecule has 0 atom stereocenters. The largest absolute Gasteiger partial charge is 0.302 e. The summed E-state index contributed by atoms with van der Waals surface area (Å²) in [4.78, 5) is 46.5. The van der Waals surface area contributed by atoms with Crippen molar-refractivity contribution in [2.24, 2.45) is 5.92 Å². The zero-order chi connectivity index (χ0) is 22.0. The van der Waals surface area contributed by atoms with Crippen LogP contribution in [0.1, 0.15) is 63.9 Å². The van der Waals surface area contributed by atoms with Crippen molar-refractivity contribution >= 4 is 34.2 Å². The standard InChI is InChI=1S/C23H28N4O3S/c1-15-9-12-26(13-10-15)14-19-16(2)24-23(31-19)25-20(28)8-5-11-27-21(29)17-6-3-4-7-18(17)22(27)30/h3-4,6-7,15H,5,8-14H2,1-2H3,(H,24,25,28).